The highest BCUT2D eigenvalue weighted by atomic mass is 16.2. The van der Waals surface area contributed by atoms with Gasteiger partial charge in [0, 0.05) is 6.54 Å². The minimum absolute atomic E-state index is 0.110. The van der Waals surface area contributed by atoms with Crippen molar-refractivity contribution in [3.8, 4) is 0 Å². The minimum Gasteiger partial charge on any atom is -0.325 e. The van der Waals surface area contributed by atoms with Crippen LogP contribution in [0.15, 0.2) is 0 Å². The van der Waals surface area contributed by atoms with E-state index in [0.29, 0.717) is 12.1 Å². The van der Waals surface area contributed by atoms with Crippen molar-refractivity contribution in [1.82, 2.24) is 10.2 Å². The molecule has 17 heavy (non-hydrogen) atoms. The first-order valence-electron chi connectivity index (χ1n) is 7.35. The summed E-state index contributed by atoms with van der Waals surface area (Å²) < 4.78 is 0. The molecule has 0 aromatic carbocycles. The van der Waals surface area contributed by atoms with E-state index in [9.17, 15) is 4.79 Å². The number of carbonyl (C=O) groups excluding carboxylic acids is 1. The topological polar surface area (TPSA) is 32.3 Å². The van der Waals surface area contributed by atoms with Gasteiger partial charge in [0.05, 0.1) is 11.7 Å². The van der Waals surface area contributed by atoms with Crippen LogP contribution in [0, 0.1) is 5.92 Å². The van der Waals surface area contributed by atoms with Crippen LogP contribution in [0.4, 0.5) is 0 Å². The van der Waals surface area contributed by atoms with Gasteiger partial charge < -0.3 is 4.90 Å². The monoisotopic (exact) mass is 236 g/mol. The van der Waals surface area contributed by atoms with E-state index in [1.165, 1.54) is 32.1 Å². The van der Waals surface area contributed by atoms with Crippen LogP contribution >= 0.6 is 0 Å². The fourth-order valence-corrected chi connectivity index (χ4v) is 3.52. The first-order chi connectivity index (χ1) is 8.27. The van der Waals surface area contributed by atoms with Crippen LogP contribution in [-0.4, -0.2) is 29.1 Å². The Kier molecular flexibility index (Phi) is 2.89. The number of rotatable bonds is 4. The molecule has 1 amide bonds. The molecule has 3 heteroatoms. The average molecular weight is 236 g/mol. The van der Waals surface area contributed by atoms with Crippen LogP contribution in [-0.2, 0) is 4.79 Å². The lowest BCUT2D eigenvalue weighted by molar-refractivity contribution is -0.131. The Morgan fingerprint density at radius 2 is 2.06 bits per heavy atom. The van der Waals surface area contributed by atoms with Gasteiger partial charge >= 0.3 is 0 Å². The molecule has 0 bridgehead atoms. The molecule has 1 atom stereocenters. The molecular weight excluding hydrogens is 212 g/mol. The molecule has 3 aliphatic rings. The predicted octanol–water partition coefficient (Wildman–Crippen LogP) is 2.27. The van der Waals surface area contributed by atoms with Gasteiger partial charge in [-0.25, -0.2) is 0 Å². The van der Waals surface area contributed by atoms with Crippen molar-refractivity contribution in [1.29, 1.82) is 0 Å². The molecule has 3 fully saturated rings. The molecule has 1 aliphatic heterocycles. The summed E-state index contributed by atoms with van der Waals surface area (Å²) in [4.78, 5) is 14.6. The molecule has 3 rings (SSSR count). The molecule has 0 aromatic rings. The highest BCUT2D eigenvalue weighted by Crippen LogP contribution is 2.45. The standard InChI is InChI=1S/C14H24N2O/c1-2-3-10-16-12(11-6-4-5-7-11)15-14(8-9-14)13(16)17/h11-12,15H,2-10H2,1H3. The fraction of sp³-hybridized carbons (Fsp3) is 0.929. The second kappa shape index (κ2) is 4.27. The Morgan fingerprint density at radius 3 is 2.65 bits per heavy atom. The van der Waals surface area contributed by atoms with Crippen LogP contribution in [0.25, 0.3) is 0 Å². The number of amides is 1. The van der Waals surface area contributed by atoms with Crippen molar-refractivity contribution in [2.24, 2.45) is 5.92 Å². The fourth-order valence-electron chi connectivity index (χ4n) is 3.52. The smallest absolute Gasteiger partial charge is 0.244 e. The number of carbonyl (C=O) groups is 1. The van der Waals surface area contributed by atoms with Gasteiger partial charge in [-0.2, -0.15) is 0 Å². The van der Waals surface area contributed by atoms with Crippen molar-refractivity contribution in [2.45, 2.75) is 70.0 Å². The summed E-state index contributed by atoms with van der Waals surface area (Å²) in [5.41, 5.74) is -0.110. The molecule has 0 aromatic heterocycles. The van der Waals surface area contributed by atoms with Crippen molar-refractivity contribution < 1.29 is 4.79 Å². The summed E-state index contributed by atoms with van der Waals surface area (Å²) in [6.07, 6.45) is 10.1. The molecule has 1 N–H and O–H groups in total. The molecule has 1 saturated heterocycles. The van der Waals surface area contributed by atoms with Crippen LogP contribution in [0.5, 0.6) is 0 Å². The van der Waals surface area contributed by atoms with E-state index < -0.39 is 0 Å². The van der Waals surface area contributed by atoms with Crippen LogP contribution in [0.3, 0.4) is 0 Å². The van der Waals surface area contributed by atoms with E-state index in [-0.39, 0.29) is 5.54 Å². The summed E-state index contributed by atoms with van der Waals surface area (Å²) in [6, 6.07) is 0. The van der Waals surface area contributed by atoms with Gasteiger partial charge in [0.15, 0.2) is 0 Å². The molecule has 0 radical (unpaired) electrons. The molecule has 3 nitrogen and oxygen atoms in total. The Balaban J connectivity index is 1.73. The lowest BCUT2D eigenvalue weighted by Gasteiger charge is -2.28. The Labute approximate surface area is 104 Å². The summed E-state index contributed by atoms with van der Waals surface area (Å²) in [5.74, 6) is 1.12. The third-order valence-corrected chi connectivity index (χ3v) is 4.78. The van der Waals surface area contributed by atoms with Gasteiger partial charge in [0.2, 0.25) is 5.91 Å². The zero-order valence-electron chi connectivity index (χ0n) is 10.9. The van der Waals surface area contributed by atoms with E-state index in [0.717, 1.165) is 31.7 Å². The molecule has 96 valence electrons. The molecule has 1 unspecified atom stereocenters. The average Bonchev–Trinajstić information content (AvgIpc) is 2.82. The van der Waals surface area contributed by atoms with E-state index in [2.05, 4.69) is 17.1 Å². The number of nitrogens with one attached hydrogen (secondary N) is 1. The van der Waals surface area contributed by atoms with E-state index in [1.807, 2.05) is 0 Å². The Hall–Kier alpha value is -0.570. The number of unbranched alkanes of at least 4 members (excludes halogenated alkanes) is 1. The van der Waals surface area contributed by atoms with Gasteiger partial charge in [-0.15, -0.1) is 0 Å². The van der Waals surface area contributed by atoms with Crippen molar-refractivity contribution in [3.05, 3.63) is 0 Å². The highest BCUT2D eigenvalue weighted by molar-refractivity contribution is 5.91. The number of hydrogen-bond acceptors (Lipinski definition) is 2. The third-order valence-electron chi connectivity index (χ3n) is 4.78. The number of nitrogens with zero attached hydrogens (tertiary/aromatic N) is 1. The normalized spacial score (nSPS) is 31.7. The van der Waals surface area contributed by atoms with E-state index in [1.54, 1.807) is 0 Å². The van der Waals surface area contributed by atoms with E-state index in [4.69, 9.17) is 0 Å². The van der Waals surface area contributed by atoms with Gasteiger partial charge in [0.25, 0.3) is 0 Å². The minimum atomic E-state index is -0.110. The van der Waals surface area contributed by atoms with Crippen LogP contribution in [0.1, 0.15) is 58.3 Å². The molecule has 1 heterocycles. The summed E-state index contributed by atoms with van der Waals surface area (Å²) in [7, 11) is 0. The predicted molar refractivity (Wildman–Crippen MR) is 67.5 cm³/mol. The molecule has 1 spiro atoms. The van der Waals surface area contributed by atoms with Crippen LogP contribution in [0.2, 0.25) is 0 Å². The van der Waals surface area contributed by atoms with Gasteiger partial charge in [0.1, 0.15) is 0 Å². The summed E-state index contributed by atoms with van der Waals surface area (Å²) in [6.45, 7) is 3.16. The van der Waals surface area contributed by atoms with Crippen molar-refractivity contribution in [2.75, 3.05) is 6.54 Å². The Bertz CT molecular complexity index is 305. The first-order valence-corrected chi connectivity index (χ1v) is 7.35. The number of hydrogen-bond donors (Lipinski definition) is 1. The maximum absolute atomic E-state index is 12.4. The molecule has 2 aliphatic carbocycles. The molecule has 2 saturated carbocycles. The van der Waals surface area contributed by atoms with Gasteiger partial charge in [-0.05, 0) is 38.0 Å². The van der Waals surface area contributed by atoms with Gasteiger partial charge in [-0.1, -0.05) is 26.2 Å². The van der Waals surface area contributed by atoms with E-state index >= 15 is 0 Å². The molecular formula is C14H24N2O. The summed E-state index contributed by atoms with van der Waals surface area (Å²) in [5, 5.41) is 3.67. The quantitative estimate of drug-likeness (QED) is 0.812. The Morgan fingerprint density at radius 1 is 1.35 bits per heavy atom. The second-order valence-corrected chi connectivity index (χ2v) is 6.07. The lowest BCUT2D eigenvalue weighted by Crippen LogP contribution is -2.43. The summed E-state index contributed by atoms with van der Waals surface area (Å²) >= 11 is 0. The second-order valence-electron chi connectivity index (χ2n) is 6.07. The van der Waals surface area contributed by atoms with Crippen molar-refractivity contribution in [3.63, 3.8) is 0 Å². The zero-order chi connectivity index (χ0) is 11.9. The van der Waals surface area contributed by atoms with Gasteiger partial charge in [-0.3, -0.25) is 10.1 Å². The third kappa shape index (κ3) is 1.88. The first kappa shape index (κ1) is 11.5. The SMILES string of the molecule is CCCCN1C(=O)C2(CC2)NC1C1CCCC1. The highest BCUT2D eigenvalue weighted by Gasteiger charge is 2.59. The largest absolute Gasteiger partial charge is 0.325 e. The maximum atomic E-state index is 12.4. The van der Waals surface area contributed by atoms with Crippen molar-refractivity contribution >= 4 is 5.91 Å². The maximum Gasteiger partial charge on any atom is 0.244 e. The zero-order valence-corrected chi connectivity index (χ0v) is 10.9. The lowest BCUT2D eigenvalue weighted by atomic mass is 10.0. The van der Waals surface area contributed by atoms with Crippen LogP contribution < -0.4 is 5.32 Å².